The molecule has 2 heterocycles. The maximum atomic E-state index is 5.67. The fourth-order valence-electron chi connectivity index (χ4n) is 2.21. The van der Waals surface area contributed by atoms with Crippen LogP contribution in [0.2, 0.25) is 0 Å². The lowest BCUT2D eigenvalue weighted by molar-refractivity contribution is 0.116. The molecule has 1 atom stereocenters. The van der Waals surface area contributed by atoms with Gasteiger partial charge in [0, 0.05) is 6.61 Å². The van der Waals surface area contributed by atoms with E-state index in [9.17, 15) is 0 Å². The number of rotatable bonds is 8. The third-order valence-electron chi connectivity index (χ3n) is 3.42. The van der Waals surface area contributed by atoms with E-state index in [1.54, 1.807) is 0 Å². The SMILES string of the molecule is c1cc2c(cc1COCCCCCC1CO1)OCO2. The summed E-state index contributed by atoms with van der Waals surface area (Å²) < 4.78 is 21.5. The predicted octanol–water partition coefficient (Wildman–Crippen LogP) is 2.89. The van der Waals surface area contributed by atoms with Gasteiger partial charge >= 0.3 is 0 Å². The summed E-state index contributed by atoms with van der Waals surface area (Å²) in [6.45, 7) is 2.76. The summed E-state index contributed by atoms with van der Waals surface area (Å²) in [5, 5.41) is 0. The molecule has 0 bridgehead atoms. The lowest BCUT2D eigenvalue weighted by Crippen LogP contribution is -1.96. The van der Waals surface area contributed by atoms with Crippen LogP contribution in [0.4, 0.5) is 0 Å². The third-order valence-corrected chi connectivity index (χ3v) is 3.42. The van der Waals surface area contributed by atoms with Gasteiger partial charge in [-0.25, -0.2) is 0 Å². The number of benzene rings is 1. The first-order valence-electron chi connectivity index (χ1n) is 7.00. The highest BCUT2D eigenvalue weighted by Crippen LogP contribution is 2.32. The standard InChI is InChI=1S/C15H20O4/c1(2-4-13-10-17-13)3-7-16-9-12-5-6-14-15(8-12)19-11-18-14/h5-6,8,13H,1-4,7,9-11H2. The molecule has 2 aliphatic heterocycles. The van der Waals surface area contributed by atoms with E-state index in [0.717, 1.165) is 36.7 Å². The largest absolute Gasteiger partial charge is 0.454 e. The number of hydrogen-bond acceptors (Lipinski definition) is 4. The van der Waals surface area contributed by atoms with Crippen molar-refractivity contribution in [3.05, 3.63) is 23.8 Å². The van der Waals surface area contributed by atoms with Gasteiger partial charge in [0.25, 0.3) is 0 Å². The number of fused-ring (bicyclic) bond motifs is 1. The van der Waals surface area contributed by atoms with Crippen molar-refractivity contribution in [1.29, 1.82) is 0 Å². The van der Waals surface area contributed by atoms with E-state index in [1.165, 1.54) is 19.3 Å². The summed E-state index contributed by atoms with van der Waals surface area (Å²) >= 11 is 0. The van der Waals surface area contributed by atoms with Crippen LogP contribution in [0.5, 0.6) is 11.5 Å². The minimum atomic E-state index is 0.324. The lowest BCUT2D eigenvalue weighted by atomic mass is 10.1. The molecule has 0 radical (unpaired) electrons. The molecule has 1 saturated heterocycles. The number of unbranched alkanes of at least 4 members (excludes halogenated alkanes) is 2. The molecule has 19 heavy (non-hydrogen) atoms. The third kappa shape index (κ3) is 3.85. The molecule has 1 fully saturated rings. The first kappa shape index (κ1) is 12.8. The van der Waals surface area contributed by atoms with Crippen LogP contribution in [0.15, 0.2) is 18.2 Å². The molecule has 4 heteroatoms. The van der Waals surface area contributed by atoms with Gasteiger partial charge in [0.2, 0.25) is 6.79 Å². The molecule has 1 aromatic carbocycles. The van der Waals surface area contributed by atoms with Crippen molar-refractivity contribution in [2.24, 2.45) is 0 Å². The second-order valence-corrected chi connectivity index (χ2v) is 5.04. The molecular weight excluding hydrogens is 244 g/mol. The molecule has 0 aliphatic carbocycles. The maximum Gasteiger partial charge on any atom is 0.231 e. The number of hydrogen-bond donors (Lipinski definition) is 0. The van der Waals surface area contributed by atoms with Crippen LogP contribution in [0.1, 0.15) is 31.2 Å². The fraction of sp³-hybridized carbons (Fsp3) is 0.600. The van der Waals surface area contributed by atoms with Crippen molar-refractivity contribution in [3.63, 3.8) is 0 Å². The Morgan fingerprint density at radius 3 is 2.89 bits per heavy atom. The summed E-state index contributed by atoms with van der Waals surface area (Å²) in [5.41, 5.74) is 1.13. The Kier molecular flexibility index (Phi) is 4.20. The van der Waals surface area contributed by atoms with Crippen LogP contribution < -0.4 is 9.47 Å². The molecule has 4 nitrogen and oxygen atoms in total. The van der Waals surface area contributed by atoms with E-state index in [2.05, 4.69) is 0 Å². The highest BCUT2D eigenvalue weighted by atomic mass is 16.7. The van der Waals surface area contributed by atoms with E-state index < -0.39 is 0 Å². The molecule has 1 unspecified atom stereocenters. The molecule has 0 N–H and O–H groups in total. The number of ether oxygens (including phenoxy) is 4. The highest BCUT2D eigenvalue weighted by Gasteiger charge is 2.20. The Morgan fingerprint density at radius 2 is 2.00 bits per heavy atom. The Bertz CT molecular complexity index is 415. The highest BCUT2D eigenvalue weighted by molar-refractivity contribution is 5.44. The van der Waals surface area contributed by atoms with Crippen LogP contribution in [-0.2, 0) is 16.1 Å². The molecule has 104 valence electrons. The van der Waals surface area contributed by atoms with Gasteiger partial charge in [-0.1, -0.05) is 18.9 Å². The maximum absolute atomic E-state index is 5.67. The van der Waals surface area contributed by atoms with Crippen LogP contribution in [0, 0.1) is 0 Å². The average Bonchev–Trinajstić information content (AvgIpc) is 3.13. The Hall–Kier alpha value is -1.26. The van der Waals surface area contributed by atoms with Crippen molar-refractivity contribution >= 4 is 0 Å². The summed E-state index contributed by atoms with van der Waals surface area (Å²) in [6.07, 6.45) is 5.37. The molecule has 0 aromatic heterocycles. The molecule has 0 spiro atoms. The van der Waals surface area contributed by atoms with Crippen LogP contribution in [0.3, 0.4) is 0 Å². The van der Waals surface area contributed by atoms with Gasteiger partial charge < -0.3 is 18.9 Å². The van der Waals surface area contributed by atoms with Crippen LogP contribution in [0.25, 0.3) is 0 Å². The molecule has 0 saturated carbocycles. The predicted molar refractivity (Wildman–Crippen MR) is 70.4 cm³/mol. The fourth-order valence-corrected chi connectivity index (χ4v) is 2.21. The van der Waals surface area contributed by atoms with Crippen molar-refractivity contribution in [2.75, 3.05) is 20.0 Å². The van der Waals surface area contributed by atoms with Crippen molar-refractivity contribution in [2.45, 2.75) is 38.4 Å². The quantitative estimate of drug-likeness (QED) is 0.534. The summed E-state index contributed by atoms with van der Waals surface area (Å²) in [6, 6.07) is 5.96. The van der Waals surface area contributed by atoms with Gasteiger partial charge in [0.1, 0.15) is 0 Å². The van der Waals surface area contributed by atoms with E-state index in [0.29, 0.717) is 19.5 Å². The second kappa shape index (κ2) is 6.26. The Balaban J connectivity index is 1.29. The van der Waals surface area contributed by atoms with E-state index in [1.807, 2.05) is 18.2 Å². The van der Waals surface area contributed by atoms with Crippen LogP contribution in [-0.4, -0.2) is 26.1 Å². The molecule has 3 rings (SSSR count). The zero-order chi connectivity index (χ0) is 12.9. The zero-order valence-electron chi connectivity index (χ0n) is 11.1. The molecule has 0 amide bonds. The topological polar surface area (TPSA) is 40.2 Å². The molecule has 2 aliphatic rings. The van der Waals surface area contributed by atoms with E-state index in [-0.39, 0.29) is 0 Å². The normalized spacial score (nSPS) is 19.7. The van der Waals surface area contributed by atoms with E-state index in [4.69, 9.17) is 18.9 Å². The van der Waals surface area contributed by atoms with Crippen molar-refractivity contribution in [1.82, 2.24) is 0 Å². The van der Waals surface area contributed by atoms with Gasteiger partial charge in [-0.05, 0) is 30.5 Å². The van der Waals surface area contributed by atoms with Gasteiger partial charge in [0.15, 0.2) is 11.5 Å². The average molecular weight is 264 g/mol. The Morgan fingerprint density at radius 1 is 1.11 bits per heavy atom. The minimum Gasteiger partial charge on any atom is -0.454 e. The Labute approximate surface area is 113 Å². The summed E-state index contributed by atoms with van der Waals surface area (Å²) in [4.78, 5) is 0. The lowest BCUT2D eigenvalue weighted by Gasteiger charge is -2.05. The second-order valence-electron chi connectivity index (χ2n) is 5.04. The summed E-state index contributed by atoms with van der Waals surface area (Å²) in [7, 11) is 0. The smallest absolute Gasteiger partial charge is 0.231 e. The van der Waals surface area contributed by atoms with Gasteiger partial charge in [-0.2, -0.15) is 0 Å². The molecular formula is C15H20O4. The van der Waals surface area contributed by atoms with Gasteiger partial charge in [-0.15, -0.1) is 0 Å². The van der Waals surface area contributed by atoms with Gasteiger partial charge in [-0.3, -0.25) is 0 Å². The zero-order valence-corrected chi connectivity index (χ0v) is 11.1. The molecule has 1 aromatic rings. The monoisotopic (exact) mass is 264 g/mol. The van der Waals surface area contributed by atoms with Crippen molar-refractivity contribution < 1.29 is 18.9 Å². The van der Waals surface area contributed by atoms with Crippen molar-refractivity contribution in [3.8, 4) is 11.5 Å². The first-order valence-corrected chi connectivity index (χ1v) is 7.00. The first-order chi connectivity index (χ1) is 9.42. The van der Waals surface area contributed by atoms with Gasteiger partial charge in [0.05, 0.1) is 19.3 Å². The van der Waals surface area contributed by atoms with Crippen LogP contribution >= 0.6 is 0 Å². The summed E-state index contributed by atoms with van der Waals surface area (Å²) in [5.74, 6) is 1.65. The van der Waals surface area contributed by atoms with E-state index >= 15 is 0 Å². The minimum absolute atomic E-state index is 0.324. The number of epoxide rings is 1.